The third kappa shape index (κ3) is 3.65. The van der Waals surface area contributed by atoms with E-state index in [2.05, 4.69) is 15.6 Å². The molecule has 0 bridgehead atoms. The van der Waals surface area contributed by atoms with E-state index in [4.69, 9.17) is 4.42 Å². The first-order chi connectivity index (χ1) is 11.5. The van der Waals surface area contributed by atoms with Crippen molar-refractivity contribution in [2.75, 3.05) is 19.6 Å². The molecule has 24 heavy (non-hydrogen) atoms. The molecule has 0 radical (unpaired) electrons. The predicted octanol–water partition coefficient (Wildman–Crippen LogP) is 0.662. The maximum absolute atomic E-state index is 12.0. The van der Waals surface area contributed by atoms with Crippen molar-refractivity contribution in [2.24, 2.45) is 0 Å². The van der Waals surface area contributed by atoms with Gasteiger partial charge in [-0.25, -0.2) is 4.68 Å². The average molecular weight is 333 g/mol. The highest BCUT2D eigenvalue weighted by molar-refractivity contribution is 5.78. The van der Waals surface area contributed by atoms with Gasteiger partial charge in [0.15, 0.2) is 0 Å². The molecule has 1 amide bonds. The lowest BCUT2D eigenvalue weighted by Crippen LogP contribution is -2.38. The molecule has 8 heteroatoms. The van der Waals surface area contributed by atoms with E-state index in [0.717, 1.165) is 0 Å². The molecule has 8 nitrogen and oxygen atoms in total. The smallest absolute Gasteiger partial charge is 0.234 e. The number of carbonyl (C=O) groups excluding carboxylic acids is 1. The van der Waals surface area contributed by atoms with E-state index in [-0.39, 0.29) is 18.5 Å². The SMILES string of the molecule is CC(C)n1cc(C2(O)CCN(CC(=O)NCc3ccco3)C2)nn1. The molecule has 0 saturated carbocycles. The van der Waals surface area contributed by atoms with E-state index < -0.39 is 5.60 Å². The van der Waals surface area contributed by atoms with E-state index in [1.165, 1.54) is 0 Å². The molecule has 0 spiro atoms. The maximum Gasteiger partial charge on any atom is 0.234 e. The van der Waals surface area contributed by atoms with E-state index in [9.17, 15) is 9.90 Å². The summed E-state index contributed by atoms with van der Waals surface area (Å²) in [6, 6.07) is 3.79. The molecule has 1 saturated heterocycles. The monoisotopic (exact) mass is 333 g/mol. The number of aromatic nitrogens is 3. The first kappa shape index (κ1) is 16.7. The van der Waals surface area contributed by atoms with Crippen LogP contribution >= 0.6 is 0 Å². The highest BCUT2D eigenvalue weighted by atomic mass is 16.3. The maximum atomic E-state index is 12.0. The number of rotatable bonds is 6. The third-order valence-electron chi connectivity index (χ3n) is 4.25. The fourth-order valence-electron chi connectivity index (χ4n) is 2.82. The molecule has 1 atom stereocenters. The van der Waals surface area contributed by atoms with Gasteiger partial charge in [-0.3, -0.25) is 9.69 Å². The van der Waals surface area contributed by atoms with Gasteiger partial charge in [-0.15, -0.1) is 5.10 Å². The molecular formula is C16H23N5O3. The van der Waals surface area contributed by atoms with E-state index in [1.54, 1.807) is 23.2 Å². The summed E-state index contributed by atoms with van der Waals surface area (Å²) in [5.41, 5.74) is -0.483. The molecule has 2 N–H and O–H groups in total. The zero-order chi connectivity index (χ0) is 17.2. The van der Waals surface area contributed by atoms with Crippen molar-refractivity contribution < 1.29 is 14.3 Å². The summed E-state index contributed by atoms with van der Waals surface area (Å²) < 4.78 is 6.91. The highest BCUT2D eigenvalue weighted by Crippen LogP contribution is 2.30. The van der Waals surface area contributed by atoms with Gasteiger partial charge < -0.3 is 14.8 Å². The lowest BCUT2D eigenvalue weighted by molar-refractivity contribution is -0.122. The van der Waals surface area contributed by atoms with Crippen LogP contribution in [0.4, 0.5) is 0 Å². The normalized spacial score (nSPS) is 21.5. The number of furan rings is 1. The predicted molar refractivity (Wildman–Crippen MR) is 85.9 cm³/mol. The van der Waals surface area contributed by atoms with Gasteiger partial charge in [0, 0.05) is 19.1 Å². The van der Waals surface area contributed by atoms with Crippen LogP contribution in [0.5, 0.6) is 0 Å². The first-order valence-electron chi connectivity index (χ1n) is 8.12. The van der Waals surface area contributed by atoms with Gasteiger partial charge in [0.2, 0.25) is 5.91 Å². The quantitative estimate of drug-likeness (QED) is 0.806. The summed E-state index contributed by atoms with van der Waals surface area (Å²) in [5, 5.41) is 21.8. The molecule has 3 rings (SSSR count). The summed E-state index contributed by atoms with van der Waals surface area (Å²) in [6.45, 7) is 5.63. The van der Waals surface area contributed by atoms with E-state index >= 15 is 0 Å². The van der Waals surface area contributed by atoms with Crippen molar-refractivity contribution in [3.63, 3.8) is 0 Å². The van der Waals surface area contributed by atoms with Crippen LogP contribution in [-0.2, 0) is 16.9 Å². The lowest BCUT2D eigenvalue weighted by Gasteiger charge is -2.20. The number of carbonyl (C=O) groups is 1. The third-order valence-corrected chi connectivity index (χ3v) is 4.25. The number of nitrogens with zero attached hydrogens (tertiary/aromatic N) is 4. The molecule has 1 aliphatic heterocycles. The largest absolute Gasteiger partial charge is 0.467 e. The second-order valence-electron chi connectivity index (χ2n) is 6.53. The van der Waals surface area contributed by atoms with Crippen LogP contribution in [0.15, 0.2) is 29.0 Å². The molecule has 1 fully saturated rings. The zero-order valence-corrected chi connectivity index (χ0v) is 14.0. The van der Waals surface area contributed by atoms with Crippen LogP contribution in [0.25, 0.3) is 0 Å². The summed E-state index contributed by atoms with van der Waals surface area (Å²) in [6.07, 6.45) is 3.90. The Hall–Kier alpha value is -2.19. The van der Waals surface area contributed by atoms with Crippen LogP contribution in [0.3, 0.4) is 0 Å². The molecule has 1 aliphatic rings. The Morgan fingerprint density at radius 1 is 1.54 bits per heavy atom. The minimum Gasteiger partial charge on any atom is -0.467 e. The fourth-order valence-corrected chi connectivity index (χ4v) is 2.82. The van der Waals surface area contributed by atoms with E-state index in [1.807, 2.05) is 24.8 Å². The molecule has 0 aliphatic carbocycles. The lowest BCUT2D eigenvalue weighted by atomic mass is 10.00. The van der Waals surface area contributed by atoms with Crippen molar-refractivity contribution in [3.8, 4) is 0 Å². The molecule has 3 heterocycles. The van der Waals surface area contributed by atoms with Crippen molar-refractivity contribution in [1.82, 2.24) is 25.2 Å². The van der Waals surface area contributed by atoms with Crippen LogP contribution in [0, 0.1) is 0 Å². The van der Waals surface area contributed by atoms with Gasteiger partial charge in [-0.05, 0) is 32.4 Å². The Labute approximate surface area is 140 Å². The molecule has 2 aromatic heterocycles. The van der Waals surface area contributed by atoms with Crippen LogP contribution in [0.2, 0.25) is 0 Å². The van der Waals surface area contributed by atoms with Crippen molar-refractivity contribution in [1.29, 1.82) is 0 Å². The van der Waals surface area contributed by atoms with Gasteiger partial charge in [0.05, 0.1) is 25.5 Å². The van der Waals surface area contributed by atoms with E-state index in [0.29, 0.717) is 37.5 Å². The number of aliphatic hydroxyl groups is 1. The summed E-state index contributed by atoms with van der Waals surface area (Å²) in [7, 11) is 0. The second-order valence-corrected chi connectivity index (χ2v) is 6.53. The van der Waals surface area contributed by atoms with Gasteiger partial charge in [-0.2, -0.15) is 0 Å². The van der Waals surface area contributed by atoms with Gasteiger partial charge in [0.1, 0.15) is 17.1 Å². The number of amides is 1. The molecule has 130 valence electrons. The zero-order valence-electron chi connectivity index (χ0n) is 14.0. The Morgan fingerprint density at radius 2 is 2.38 bits per heavy atom. The number of nitrogens with one attached hydrogen (secondary N) is 1. The molecule has 1 unspecified atom stereocenters. The molecule has 0 aromatic carbocycles. The van der Waals surface area contributed by atoms with Gasteiger partial charge in [-0.1, -0.05) is 5.21 Å². The number of hydrogen-bond acceptors (Lipinski definition) is 6. The summed E-state index contributed by atoms with van der Waals surface area (Å²) >= 11 is 0. The van der Waals surface area contributed by atoms with Crippen LogP contribution < -0.4 is 5.32 Å². The number of likely N-dealkylation sites (tertiary alicyclic amines) is 1. The number of hydrogen-bond donors (Lipinski definition) is 2. The van der Waals surface area contributed by atoms with Crippen molar-refractivity contribution in [3.05, 3.63) is 36.0 Å². The standard InChI is InChI=1S/C16H23N5O3/c1-12(2)21-9-14(18-19-21)16(23)5-6-20(11-16)10-15(22)17-8-13-4-3-7-24-13/h3-4,7,9,12,23H,5-6,8,10-11H2,1-2H3,(H,17,22). The van der Waals surface area contributed by atoms with Gasteiger partial charge in [0.25, 0.3) is 0 Å². The fraction of sp³-hybridized carbons (Fsp3) is 0.562. The summed E-state index contributed by atoms with van der Waals surface area (Å²) in [5.74, 6) is 0.619. The number of β-amino-alcohol motifs (C(OH)–C–C–N with tert-alkyl or cyclic N) is 1. The van der Waals surface area contributed by atoms with Gasteiger partial charge >= 0.3 is 0 Å². The Bertz CT molecular complexity index is 682. The Kier molecular flexibility index (Phi) is 4.68. The molecule has 2 aromatic rings. The van der Waals surface area contributed by atoms with Crippen LogP contribution in [-0.4, -0.2) is 50.5 Å². The second kappa shape index (κ2) is 6.74. The highest BCUT2D eigenvalue weighted by Gasteiger charge is 2.40. The van der Waals surface area contributed by atoms with Crippen molar-refractivity contribution in [2.45, 2.75) is 38.5 Å². The first-order valence-corrected chi connectivity index (χ1v) is 8.12. The van der Waals surface area contributed by atoms with Crippen LogP contribution in [0.1, 0.15) is 37.8 Å². The Balaban J connectivity index is 1.53. The molecular weight excluding hydrogens is 310 g/mol. The minimum absolute atomic E-state index is 0.0958. The Morgan fingerprint density at radius 3 is 3.04 bits per heavy atom. The average Bonchev–Trinajstić information content (AvgIpc) is 3.26. The summed E-state index contributed by atoms with van der Waals surface area (Å²) in [4.78, 5) is 13.9. The van der Waals surface area contributed by atoms with Crippen molar-refractivity contribution >= 4 is 5.91 Å². The topological polar surface area (TPSA) is 96.4 Å². The minimum atomic E-state index is -1.05.